The highest BCUT2D eigenvalue weighted by atomic mass is 35.5. The van der Waals surface area contributed by atoms with Crippen molar-refractivity contribution in [2.75, 3.05) is 10.8 Å². The third kappa shape index (κ3) is 6.99. The van der Waals surface area contributed by atoms with Gasteiger partial charge in [-0.1, -0.05) is 92.0 Å². The lowest BCUT2D eigenvalue weighted by atomic mass is 10.1. The Kier molecular flexibility index (Phi) is 9.64. The number of nitrogens with zero attached hydrogens (tertiary/aromatic N) is 2. The fourth-order valence-electron chi connectivity index (χ4n) is 4.95. The predicted octanol–water partition coefficient (Wildman–Crippen LogP) is 5.40. The second-order valence-electron chi connectivity index (χ2n) is 9.70. The third-order valence-corrected chi connectivity index (χ3v) is 9.11. The molecule has 1 aliphatic carbocycles. The van der Waals surface area contributed by atoms with Gasteiger partial charge in [-0.05, 0) is 49.1 Å². The molecule has 206 valence electrons. The molecule has 0 spiro atoms. The van der Waals surface area contributed by atoms with Crippen LogP contribution in [0.15, 0.2) is 89.8 Å². The Hall–Kier alpha value is -3.36. The van der Waals surface area contributed by atoms with Crippen LogP contribution in [0.5, 0.6) is 0 Å². The molecule has 1 N–H and O–H groups in total. The van der Waals surface area contributed by atoms with Crippen molar-refractivity contribution in [3.05, 3.63) is 95.5 Å². The SMILES string of the molecule is CC[C@H](C(=O)NC1CCCC1)N(Cc1ccccc1)C(=O)CN(c1ccccc1Cl)S(=O)(=O)c1ccccc1. The first-order valence-electron chi connectivity index (χ1n) is 13.3. The first-order chi connectivity index (χ1) is 18.8. The third-order valence-electron chi connectivity index (χ3n) is 7.01. The number of amides is 2. The number of rotatable bonds is 11. The van der Waals surface area contributed by atoms with Gasteiger partial charge in [0.25, 0.3) is 10.0 Å². The summed E-state index contributed by atoms with van der Waals surface area (Å²) in [4.78, 5) is 29.0. The number of halogens is 1. The highest BCUT2D eigenvalue weighted by molar-refractivity contribution is 7.92. The van der Waals surface area contributed by atoms with Gasteiger partial charge in [0.1, 0.15) is 12.6 Å². The van der Waals surface area contributed by atoms with Crippen molar-refractivity contribution in [3.8, 4) is 0 Å². The zero-order valence-electron chi connectivity index (χ0n) is 22.0. The number of hydrogen-bond acceptors (Lipinski definition) is 4. The number of hydrogen-bond donors (Lipinski definition) is 1. The van der Waals surface area contributed by atoms with E-state index in [4.69, 9.17) is 11.6 Å². The van der Waals surface area contributed by atoms with Crippen LogP contribution in [0.2, 0.25) is 5.02 Å². The van der Waals surface area contributed by atoms with Crippen LogP contribution in [0.4, 0.5) is 5.69 Å². The van der Waals surface area contributed by atoms with Gasteiger partial charge < -0.3 is 10.2 Å². The fraction of sp³-hybridized carbons (Fsp3) is 0.333. The van der Waals surface area contributed by atoms with E-state index in [0.29, 0.717) is 6.42 Å². The van der Waals surface area contributed by atoms with Gasteiger partial charge in [0, 0.05) is 12.6 Å². The molecule has 3 aromatic rings. The van der Waals surface area contributed by atoms with Crippen molar-refractivity contribution in [2.45, 2.75) is 62.6 Å². The monoisotopic (exact) mass is 567 g/mol. The summed E-state index contributed by atoms with van der Waals surface area (Å²) >= 11 is 6.45. The average Bonchev–Trinajstić information content (AvgIpc) is 3.46. The average molecular weight is 568 g/mol. The minimum atomic E-state index is -4.15. The molecule has 1 fully saturated rings. The van der Waals surface area contributed by atoms with E-state index in [1.807, 2.05) is 37.3 Å². The van der Waals surface area contributed by atoms with Crippen LogP contribution in [-0.2, 0) is 26.2 Å². The number of carbonyl (C=O) groups is 2. The van der Waals surface area contributed by atoms with Crippen molar-refractivity contribution in [1.82, 2.24) is 10.2 Å². The standard InChI is InChI=1S/C30H34ClN3O4S/c1-2-27(30(36)32-24-15-9-10-16-24)33(21-23-13-5-3-6-14-23)29(35)22-34(28-20-12-11-19-26(28)31)39(37,38)25-17-7-4-8-18-25/h3-8,11-14,17-20,24,27H,2,9-10,15-16,21-22H2,1H3,(H,32,36)/t27-/m1/s1. The van der Waals surface area contributed by atoms with Gasteiger partial charge >= 0.3 is 0 Å². The lowest BCUT2D eigenvalue weighted by Gasteiger charge is -2.34. The smallest absolute Gasteiger partial charge is 0.264 e. The fourth-order valence-corrected chi connectivity index (χ4v) is 6.70. The molecule has 1 saturated carbocycles. The summed E-state index contributed by atoms with van der Waals surface area (Å²) in [7, 11) is -4.15. The Morgan fingerprint density at radius 2 is 1.51 bits per heavy atom. The van der Waals surface area contributed by atoms with E-state index in [1.54, 1.807) is 42.5 Å². The van der Waals surface area contributed by atoms with Crippen LogP contribution < -0.4 is 9.62 Å². The Morgan fingerprint density at radius 1 is 0.923 bits per heavy atom. The first kappa shape index (κ1) is 28.6. The summed E-state index contributed by atoms with van der Waals surface area (Å²) in [5.74, 6) is -0.712. The molecular formula is C30H34ClN3O4S. The van der Waals surface area contributed by atoms with Gasteiger partial charge in [0.15, 0.2) is 0 Å². The number of carbonyl (C=O) groups excluding carboxylic acids is 2. The molecule has 9 heteroatoms. The van der Waals surface area contributed by atoms with E-state index in [2.05, 4.69) is 5.32 Å². The lowest BCUT2D eigenvalue weighted by Crippen LogP contribution is -2.53. The second-order valence-corrected chi connectivity index (χ2v) is 12.0. The number of sulfonamides is 1. The minimum Gasteiger partial charge on any atom is -0.352 e. The highest BCUT2D eigenvalue weighted by Crippen LogP contribution is 2.31. The molecule has 2 amide bonds. The van der Waals surface area contributed by atoms with Crippen molar-refractivity contribution in [3.63, 3.8) is 0 Å². The molecule has 0 aromatic heterocycles. The lowest BCUT2D eigenvalue weighted by molar-refractivity contribution is -0.140. The zero-order valence-corrected chi connectivity index (χ0v) is 23.6. The largest absolute Gasteiger partial charge is 0.352 e. The van der Waals surface area contributed by atoms with Crippen LogP contribution >= 0.6 is 11.6 Å². The molecule has 0 saturated heterocycles. The maximum Gasteiger partial charge on any atom is 0.264 e. The Bertz CT molecular complexity index is 1360. The molecule has 4 rings (SSSR count). The van der Waals surface area contributed by atoms with Crippen LogP contribution in [0.1, 0.15) is 44.6 Å². The molecule has 3 aromatic carbocycles. The minimum absolute atomic E-state index is 0.0401. The maximum atomic E-state index is 14.1. The van der Waals surface area contributed by atoms with Crippen molar-refractivity contribution in [1.29, 1.82) is 0 Å². The number of para-hydroxylation sites is 1. The van der Waals surface area contributed by atoms with Crippen LogP contribution in [0, 0.1) is 0 Å². The zero-order chi connectivity index (χ0) is 27.8. The topological polar surface area (TPSA) is 86.8 Å². The Morgan fingerprint density at radius 3 is 2.13 bits per heavy atom. The molecule has 0 radical (unpaired) electrons. The predicted molar refractivity (Wildman–Crippen MR) is 154 cm³/mol. The summed E-state index contributed by atoms with van der Waals surface area (Å²) in [6, 6.07) is 23.2. The number of nitrogens with one attached hydrogen (secondary N) is 1. The molecule has 0 bridgehead atoms. The van der Waals surface area contributed by atoms with E-state index in [0.717, 1.165) is 35.6 Å². The summed E-state index contributed by atoms with van der Waals surface area (Å²) in [6.45, 7) is 1.51. The molecule has 39 heavy (non-hydrogen) atoms. The van der Waals surface area contributed by atoms with Gasteiger partial charge in [-0.15, -0.1) is 0 Å². The van der Waals surface area contributed by atoms with E-state index in [-0.39, 0.29) is 34.1 Å². The van der Waals surface area contributed by atoms with Crippen molar-refractivity contribution >= 4 is 39.1 Å². The van der Waals surface area contributed by atoms with Gasteiger partial charge in [-0.3, -0.25) is 13.9 Å². The molecule has 1 atom stereocenters. The van der Waals surface area contributed by atoms with Crippen LogP contribution in [-0.4, -0.2) is 43.8 Å². The summed E-state index contributed by atoms with van der Waals surface area (Å²) in [5, 5.41) is 3.31. The molecular weight excluding hydrogens is 534 g/mol. The van der Waals surface area contributed by atoms with Gasteiger partial charge in [-0.2, -0.15) is 0 Å². The van der Waals surface area contributed by atoms with Gasteiger partial charge in [0.2, 0.25) is 11.8 Å². The normalized spacial score (nSPS) is 14.5. The van der Waals surface area contributed by atoms with E-state index in [9.17, 15) is 18.0 Å². The summed E-state index contributed by atoms with van der Waals surface area (Å²) in [6.07, 6.45) is 4.36. The number of benzene rings is 3. The highest BCUT2D eigenvalue weighted by Gasteiger charge is 2.35. The Balaban J connectivity index is 1.70. The van der Waals surface area contributed by atoms with Crippen LogP contribution in [0.25, 0.3) is 0 Å². The number of anilines is 1. The van der Waals surface area contributed by atoms with E-state index < -0.39 is 28.5 Å². The molecule has 0 heterocycles. The second kappa shape index (κ2) is 13.1. The first-order valence-corrected chi connectivity index (χ1v) is 15.1. The van der Waals surface area contributed by atoms with Gasteiger partial charge in [-0.25, -0.2) is 8.42 Å². The Labute approximate surface area is 235 Å². The molecule has 7 nitrogen and oxygen atoms in total. The molecule has 0 aliphatic heterocycles. The molecule has 0 unspecified atom stereocenters. The molecule has 1 aliphatic rings. The van der Waals surface area contributed by atoms with E-state index >= 15 is 0 Å². The quantitative estimate of drug-likeness (QED) is 0.336. The van der Waals surface area contributed by atoms with Gasteiger partial charge in [0.05, 0.1) is 15.6 Å². The van der Waals surface area contributed by atoms with Crippen molar-refractivity contribution < 1.29 is 18.0 Å². The van der Waals surface area contributed by atoms with Crippen molar-refractivity contribution in [2.24, 2.45) is 0 Å². The maximum absolute atomic E-state index is 14.1. The van der Waals surface area contributed by atoms with Crippen LogP contribution in [0.3, 0.4) is 0 Å². The summed E-state index contributed by atoms with van der Waals surface area (Å²) < 4.78 is 28.7. The summed E-state index contributed by atoms with van der Waals surface area (Å²) in [5.41, 5.74) is 1.03. The van der Waals surface area contributed by atoms with E-state index in [1.165, 1.54) is 17.0 Å².